The quantitative estimate of drug-likeness (QED) is 0.0880. The highest BCUT2D eigenvalue weighted by Crippen LogP contribution is 2.49. The molecule has 1 N–H and O–H groups in total. The van der Waals surface area contributed by atoms with Crippen LogP contribution in [0.15, 0.2) is 87.5 Å². The van der Waals surface area contributed by atoms with Crippen LogP contribution >= 0.6 is 0 Å². The molecule has 7 nitrogen and oxygen atoms in total. The Hall–Kier alpha value is -3.25. The summed E-state index contributed by atoms with van der Waals surface area (Å²) in [4.78, 5) is 13.3. The van der Waals surface area contributed by atoms with Crippen LogP contribution in [-0.2, 0) is 46.5 Å². The topological polar surface area (TPSA) is 99.1 Å². The second kappa shape index (κ2) is 12.6. The molecule has 0 amide bonds. The van der Waals surface area contributed by atoms with Gasteiger partial charge in [0.15, 0.2) is 20.5 Å². The largest absolute Gasteiger partial charge is 0.466 e. The lowest BCUT2D eigenvalue weighted by atomic mass is 9.87. The number of carbonyl (C=O) groups is 1. The maximum atomic E-state index is 14.3. The highest BCUT2D eigenvalue weighted by atomic mass is 32.2. The number of esters is 1. The van der Waals surface area contributed by atoms with Gasteiger partial charge in [0.1, 0.15) is 19.0 Å². The van der Waals surface area contributed by atoms with Gasteiger partial charge in [-0.05, 0) is 60.4 Å². The van der Waals surface area contributed by atoms with Gasteiger partial charge in [-0.2, -0.15) is 43.5 Å². The van der Waals surface area contributed by atoms with Crippen molar-refractivity contribution >= 4 is 27.0 Å². The predicted molar refractivity (Wildman–Crippen MR) is 156 cm³/mol. The molecule has 1 atom stereocenters. The monoisotopic (exact) mass is 729 g/mol. The minimum atomic E-state index is -6.12. The SMILES string of the molecule is CC(C)(C)c1ccc([S+](c2ccc(OC(=O)C(F)(F)S(=O)(=O)O)cc2)c2cccc(C3(C)OCC(F)(F)C(F)(F)C(F)(F)CO3)c2)cc1. The average Bonchev–Trinajstić information content (AvgIpc) is 2.99. The zero-order valence-electron chi connectivity index (χ0n) is 25.6. The van der Waals surface area contributed by atoms with Gasteiger partial charge in [-0.15, -0.1) is 0 Å². The normalized spacial score (nSPS) is 19.9. The predicted octanol–water partition coefficient (Wildman–Crippen LogP) is 7.59. The molecular weight excluding hydrogens is 700 g/mol. The van der Waals surface area contributed by atoms with E-state index in [1.807, 2.05) is 32.9 Å². The van der Waals surface area contributed by atoms with Crippen LogP contribution in [0.25, 0.3) is 0 Å². The molecule has 0 aromatic heterocycles. The Morgan fingerprint density at radius 1 is 0.812 bits per heavy atom. The Bertz CT molecular complexity index is 1740. The molecule has 0 bridgehead atoms. The number of halogens is 8. The third-order valence-corrected chi connectivity index (χ3v) is 10.4. The summed E-state index contributed by atoms with van der Waals surface area (Å²) in [6, 6.07) is 17.8. The smallest absolute Gasteiger partial charge is 0.421 e. The van der Waals surface area contributed by atoms with Gasteiger partial charge in [-0.25, -0.2) is 4.79 Å². The molecule has 0 spiro atoms. The van der Waals surface area contributed by atoms with Crippen molar-refractivity contribution in [2.75, 3.05) is 13.2 Å². The number of carbonyl (C=O) groups excluding carboxylic acids is 1. The second-order valence-corrected chi connectivity index (χ2v) is 15.5. The number of alkyl halides is 8. The van der Waals surface area contributed by atoms with Gasteiger partial charge >= 0.3 is 39.1 Å². The van der Waals surface area contributed by atoms with Gasteiger partial charge in [0.25, 0.3) is 0 Å². The van der Waals surface area contributed by atoms with E-state index in [1.165, 1.54) is 30.3 Å². The minimum Gasteiger partial charge on any atom is -0.421 e. The summed E-state index contributed by atoms with van der Waals surface area (Å²) < 4.78 is 157. The van der Waals surface area contributed by atoms with Crippen LogP contribution in [0.1, 0.15) is 38.8 Å². The molecule has 4 rings (SSSR count). The van der Waals surface area contributed by atoms with E-state index < -0.39 is 74.8 Å². The molecule has 1 unspecified atom stereocenters. The van der Waals surface area contributed by atoms with E-state index >= 15 is 0 Å². The summed E-state index contributed by atoms with van der Waals surface area (Å²) in [5.41, 5.74) is 0.640. The molecule has 48 heavy (non-hydrogen) atoms. The van der Waals surface area contributed by atoms with Crippen molar-refractivity contribution in [2.45, 2.75) is 76.6 Å². The van der Waals surface area contributed by atoms with Crippen molar-refractivity contribution in [1.82, 2.24) is 0 Å². The lowest BCUT2D eigenvalue weighted by Crippen LogP contribution is -2.61. The Morgan fingerprint density at radius 2 is 1.29 bits per heavy atom. The highest BCUT2D eigenvalue weighted by Gasteiger charge is 2.73. The first-order valence-corrected chi connectivity index (χ1v) is 16.5. The Morgan fingerprint density at radius 3 is 1.75 bits per heavy atom. The highest BCUT2D eigenvalue weighted by molar-refractivity contribution is 7.97. The van der Waals surface area contributed by atoms with Gasteiger partial charge in [0.05, 0.1) is 10.9 Å². The van der Waals surface area contributed by atoms with Crippen molar-refractivity contribution in [1.29, 1.82) is 0 Å². The number of ether oxygens (including phenoxy) is 3. The zero-order chi connectivity index (χ0) is 36.1. The summed E-state index contributed by atoms with van der Waals surface area (Å²) in [5, 5.41) is -5.24. The summed E-state index contributed by atoms with van der Waals surface area (Å²) in [7, 11) is -7.26. The van der Waals surface area contributed by atoms with Crippen LogP contribution in [0, 0.1) is 0 Å². The molecular formula is C31H29F8O7S2+. The Labute approximate surface area is 273 Å². The first-order valence-electron chi connectivity index (χ1n) is 13.9. The number of rotatable bonds is 7. The van der Waals surface area contributed by atoms with Gasteiger partial charge in [0, 0.05) is 11.6 Å². The minimum absolute atomic E-state index is 0.0707. The fraction of sp³-hybridized carbons (Fsp3) is 0.387. The number of benzene rings is 3. The summed E-state index contributed by atoms with van der Waals surface area (Å²) in [6.07, 6.45) is 0. The van der Waals surface area contributed by atoms with Crippen LogP contribution < -0.4 is 4.74 Å². The maximum Gasteiger partial charge on any atom is 0.466 e. The maximum absolute atomic E-state index is 14.3. The summed E-state index contributed by atoms with van der Waals surface area (Å²) in [6.45, 7) is 2.80. The fourth-order valence-corrected chi connectivity index (χ4v) is 6.78. The molecule has 3 aromatic rings. The average molecular weight is 730 g/mol. The number of hydrogen-bond acceptors (Lipinski definition) is 6. The van der Waals surface area contributed by atoms with Crippen molar-refractivity contribution in [3.05, 3.63) is 83.9 Å². The first-order chi connectivity index (χ1) is 21.8. The summed E-state index contributed by atoms with van der Waals surface area (Å²) in [5.74, 6) is -21.6. The molecule has 1 aliphatic heterocycles. The van der Waals surface area contributed by atoms with E-state index in [4.69, 9.17) is 14.0 Å². The molecule has 1 heterocycles. The van der Waals surface area contributed by atoms with Crippen LogP contribution in [0.3, 0.4) is 0 Å². The molecule has 1 aliphatic rings. The van der Waals surface area contributed by atoms with E-state index in [-0.39, 0.29) is 11.0 Å². The Balaban J connectivity index is 1.76. The Kier molecular flexibility index (Phi) is 9.84. The van der Waals surface area contributed by atoms with Crippen LogP contribution in [-0.4, -0.2) is 55.2 Å². The lowest BCUT2D eigenvalue weighted by molar-refractivity contribution is -0.387. The van der Waals surface area contributed by atoms with Gasteiger partial charge < -0.3 is 14.2 Å². The van der Waals surface area contributed by atoms with Crippen molar-refractivity contribution in [3.8, 4) is 5.75 Å². The third kappa shape index (κ3) is 7.20. The van der Waals surface area contributed by atoms with E-state index in [9.17, 15) is 48.3 Å². The molecule has 262 valence electrons. The van der Waals surface area contributed by atoms with Crippen molar-refractivity contribution in [3.63, 3.8) is 0 Å². The van der Waals surface area contributed by atoms with Gasteiger partial charge in [-0.1, -0.05) is 45.0 Å². The molecule has 1 saturated heterocycles. The van der Waals surface area contributed by atoms with Crippen LogP contribution in [0.4, 0.5) is 35.1 Å². The fourth-order valence-electron chi connectivity index (χ4n) is 4.43. The first kappa shape index (κ1) is 37.6. The molecule has 0 aliphatic carbocycles. The molecule has 3 aromatic carbocycles. The zero-order valence-corrected chi connectivity index (χ0v) is 27.2. The van der Waals surface area contributed by atoms with Gasteiger partial charge in [-0.3, -0.25) is 4.55 Å². The second-order valence-electron chi connectivity index (χ2n) is 12.0. The molecule has 17 heteroatoms. The number of hydrogen-bond donors (Lipinski definition) is 1. The lowest BCUT2D eigenvalue weighted by Gasteiger charge is -2.40. The van der Waals surface area contributed by atoms with E-state index in [1.54, 1.807) is 18.2 Å². The molecule has 0 saturated carbocycles. The summed E-state index contributed by atoms with van der Waals surface area (Å²) >= 11 is 0. The van der Waals surface area contributed by atoms with Crippen LogP contribution in [0.5, 0.6) is 5.75 Å². The van der Waals surface area contributed by atoms with E-state index in [0.29, 0.717) is 14.7 Å². The molecule has 0 radical (unpaired) electrons. The standard InChI is InChI=1S/C31H28F8O7S2/c1-26(2,3)19-8-12-22(13-9-19)47(23-14-10-21(11-15-23)46-25(40)30(36,37)48(41,42)43)24-7-5-6-20(16-24)27(4)44-17-28(32,33)31(38,39)29(34,35)18-45-27/h5-16H,17-18H2,1-4H3/p+1. The van der Waals surface area contributed by atoms with E-state index in [0.717, 1.165) is 24.6 Å². The third-order valence-electron chi connectivity index (χ3n) is 7.36. The van der Waals surface area contributed by atoms with Crippen molar-refractivity contribution < 1.29 is 67.1 Å². The van der Waals surface area contributed by atoms with E-state index in [2.05, 4.69) is 4.74 Å². The van der Waals surface area contributed by atoms with Crippen LogP contribution in [0.2, 0.25) is 0 Å². The van der Waals surface area contributed by atoms with Crippen molar-refractivity contribution in [2.24, 2.45) is 0 Å². The molecule has 1 fully saturated rings. The van der Waals surface area contributed by atoms with Gasteiger partial charge in [0.2, 0.25) is 0 Å².